The predicted octanol–water partition coefficient (Wildman–Crippen LogP) is 2.86. The van der Waals surface area contributed by atoms with Gasteiger partial charge in [-0.3, -0.25) is 4.79 Å². The van der Waals surface area contributed by atoms with Gasteiger partial charge in [-0.15, -0.1) is 0 Å². The van der Waals surface area contributed by atoms with Gasteiger partial charge in [0.15, 0.2) is 0 Å². The summed E-state index contributed by atoms with van der Waals surface area (Å²) in [4.78, 5) is 11.9. The molecule has 23 heavy (non-hydrogen) atoms. The highest BCUT2D eigenvalue weighted by Crippen LogP contribution is 2.23. The summed E-state index contributed by atoms with van der Waals surface area (Å²) in [7, 11) is 0. The third kappa shape index (κ3) is 4.50. The first-order valence-corrected chi connectivity index (χ1v) is 7.22. The lowest BCUT2D eigenvalue weighted by Gasteiger charge is -2.17. The third-order valence-electron chi connectivity index (χ3n) is 3.33. The van der Waals surface area contributed by atoms with Gasteiger partial charge in [-0.2, -0.15) is 0 Å². The number of halogens is 2. The Morgan fingerprint density at radius 3 is 2.74 bits per heavy atom. The zero-order valence-electron chi connectivity index (χ0n) is 12.6. The Balaban J connectivity index is 2.13. The summed E-state index contributed by atoms with van der Waals surface area (Å²) in [6, 6.07) is 9.48. The minimum atomic E-state index is -0.507. The Kier molecular flexibility index (Phi) is 5.65. The molecule has 6 heteroatoms. The molecule has 2 aromatic rings. The summed E-state index contributed by atoms with van der Waals surface area (Å²) >= 11 is 0. The highest BCUT2D eigenvalue weighted by atomic mass is 19.1. The standard InChI is InChI=1S/C17H18F2N2O2/c1-11(15-10-13(18)5-6-16(15)19)21-14-4-2-3-12(9-14)17(23)20-7-8-22/h2-6,9-11,21-22H,7-8H2,1H3,(H,20,23). The van der Waals surface area contributed by atoms with Crippen LogP contribution in [0.1, 0.15) is 28.9 Å². The molecule has 3 N–H and O–H groups in total. The lowest BCUT2D eigenvalue weighted by Crippen LogP contribution is -2.26. The molecule has 2 aromatic carbocycles. The van der Waals surface area contributed by atoms with Crippen LogP contribution in [0.2, 0.25) is 0 Å². The van der Waals surface area contributed by atoms with Crippen LogP contribution in [-0.4, -0.2) is 24.2 Å². The largest absolute Gasteiger partial charge is 0.395 e. The van der Waals surface area contributed by atoms with Crippen LogP contribution in [0, 0.1) is 11.6 Å². The molecule has 0 saturated carbocycles. The van der Waals surface area contributed by atoms with E-state index in [-0.39, 0.29) is 24.6 Å². The fourth-order valence-corrected chi connectivity index (χ4v) is 2.20. The fourth-order valence-electron chi connectivity index (χ4n) is 2.20. The molecular formula is C17H18F2N2O2. The van der Waals surface area contributed by atoms with Crippen molar-refractivity contribution in [2.24, 2.45) is 0 Å². The first-order valence-electron chi connectivity index (χ1n) is 7.22. The van der Waals surface area contributed by atoms with E-state index in [1.54, 1.807) is 31.2 Å². The number of anilines is 1. The molecule has 0 aromatic heterocycles. The van der Waals surface area contributed by atoms with E-state index >= 15 is 0 Å². The van der Waals surface area contributed by atoms with Gasteiger partial charge in [-0.05, 0) is 43.3 Å². The Morgan fingerprint density at radius 1 is 1.22 bits per heavy atom. The van der Waals surface area contributed by atoms with E-state index in [0.29, 0.717) is 11.3 Å². The Morgan fingerprint density at radius 2 is 2.00 bits per heavy atom. The van der Waals surface area contributed by atoms with Crippen molar-refractivity contribution in [3.63, 3.8) is 0 Å². The van der Waals surface area contributed by atoms with Gasteiger partial charge in [0, 0.05) is 23.4 Å². The van der Waals surface area contributed by atoms with Gasteiger partial charge in [0.2, 0.25) is 0 Å². The maximum Gasteiger partial charge on any atom is 0.251 e. The normalized spacial score (nSPS) is 11.8. The van der Waals surface area contributed by atoms with Crippen molar-refractivity contribution in [3.8, 4) is 0 Å². The topological polar surface area (TPSA) is 61.4 Å². The number of benzene rings is 2. The van der Waals surface area contributed by atoms with Crippen molar-refractivity contribution in [2.45, 2.75) is 13.0 Å². The molecular weight excluding hydrogens is 302 g/mol. The van der Waals surface area contributed by atoms with E-state index < -0.39 is 17.7 Å². The molecule has 0 saturated heterocycles. The van der Waals surface area contributed by atoms with Gasteiger partial charge in [0.25, 0.3) is 5.91 Å². The van der Waals surface area contributed by atoms with E-state index in [2.05, 4.69) is 10.6 Å². The number of hydrogen-bond acceptors (Lipinski definition) is 3. The molecule has 4 nitrogen and oxygen atoms in total. The van der Waals surface area contributed by atoms with Crippen LogP contribution < -0.4 is 10.6 Å². The predicted molar refractivity (Wildman–Crippen MR) is 84.3 cm³/mol. The number of rotatable bonds is 6. The van der Waals surface area contributed by atoms with Gasteiger partial charge < -0.3 is 15.7 Å². The average molecular weight is 320 g/mol. The summed E-state index contributed by atoms with van der Waals surface area (Å²) in [6.45, 7) is 1.73. The molecule has 0 aliphatic carbocycles. The summed E-state index contributed by atoms with van der Waals surface area (Å²) in [6.07, 6.45) is 0. The second-order valence-corrected chi connectivity index (χ2v) is 5.09. The van der Waals surface area contributed by atoms with Crippen LogP contribution in [0.4, 0.5) is 14.5 Å². The molecule has 0 aliphatic heterocycles. The number of aliphatic hydroxyl groups is 1. The molecule has 0 spiro atoms. The van der Waals surface area contributed by atoms with Gasteiger partial charge in [0.05, 0.1) is 12.6 Å². The van der Waals surface area contributed by atoms with E-state index in [1.165, 1.54) is 0 Å². The lowest BCUT2D eigenvalue weighted by atomic mass is 10.1. The molecule has 1 amide bonds. The van der Waals surface area contributed by atoms with Crippen molar-refractivity contribution in [1.82, 2.24) is 5.32 Å². The fraction of sp³-hybridized carbons (Fsp3) is 0.235. The number of aliphatic hydroxyl groups excluding tert-OH is 1. The number of hydrogen-bond donors (Lipinski definition) is 3. The van der Waals surface area contributed by atoms with Crippen LogP contribution >= 0.6 is 0 Å². The number of amides is 1. The highest BCUT2D eigenvalue weighted by Gasteiger charge is 2.13. The van der Waals surface area contributed by atoms with Gasteiger partial charge in [-0.25, -0.2) is 8.78 Å². The van der Waals surface area contributed by atoms with Crippen LogP contribution in [0.15, 0.2) is 42.5 Å². The van der Waals surface area contributed by atoms with Crippen LogP contribution in [0.3, 0.4) is 0 Å². The SMILES string of the molecule is CC(Nc1cccc(C(=O)NCCO)c1)c1cc(F)ccc1F. The molecule has 0 aliphatic rings. The summed E-state index contributed by atoms with van der Waals surface area (Å²) < 4.78 is 27.0. The quantitative estimate of drug-likeness (QED) is 0.767. The average Bonchev–Trinajstić information content (AvgIpc) is 2.55. The smallest absolute Gasteiger partial charge is 0.251 e. The molecule has 0 heterocycles. The van der Waals surface area contributed by atoms with Crippen molar-refractivity contribution in [2.75, 3.05) is 18.5 Å². The molecule has 122 valence electrons. The first kappa shape index (κ1) is 16.9. The van der Waals surface area contributed by atoms with Crippen molar-refractivity contribution in [3.05, 3.63) is 65.2 Å². The second-order valence-electron chi connectivity index (χ2n) is 5.09. The summed E-state index contributed by atoms with van der Waals surface area (Å²) in [5.41, 5.74) is 1.23. The first-order chi connectivity index (χ1) is 11.0. The second kappa shape index (κ2) is 7.69. The van der Waals surface area contributed by atoms with Crippen molar-refractivity contribution >= 4 is 11.6 Å². The van der Waals surface area contributed by atoms with E-state index in [0.717, 1.165) is 18.2 Å². The van der Waals surface area contributed by atoms with E-state index in [9.17, 15) is 13.6 Å². The number of nitrogens with one attached hydrogen (secondary N) is 2. The molecule has 0 radical (unpaired) electrons. The van der Waals surface area contributed by atoms with E-state index in [4.69, 9.17) is 5.11 Å². The maximum absolute atomic E-state index is 13.8. The molecule has 0 bridgehead atoms. The summed E-state index contributed by atoms with van der Waals surface area (Å²) in [5, 5.41) is 14.3. The number of carbonyl (C=O) groups is 1. The van der Waals surface area contributed by atoms with Gasteiger partial charge in [0.1, 0.15) is 11.6 Å². The maximum atomic E-state index is 13.8. The van der Waals surface area contributed by atoms with Crippen LogP contribution in [-0.2, 0) is 0 Å². The zero-order valence-corrected chi connectivity index (χ0v) is 12.6. The van der Waals surface area contributed by atoms with E-state index in [1.807, 2.05) is 0 Å². The van der Waals surface area contributed by atoms with Crippen molar-refractivity contribution < 1.29 is 18.7 Å². The highest BCUT2D eigenvalue weighted by molar-refractivity contribution is 5.95. The lowest BCUT2D eigenvalue weighted by molar-refractivity contribution is 0.0945. The Labute approximate surface area is 133 Å². The Bertz CT molecular complexity index is 692. The zero-order chi connectivity index (χ0) is 16.8. The van der Waals surface area contributed by atoms with Crippen molar-refractivity contribution in [1.29, 1.82) is 0 Å². The van der Waals surface area contributed by atoms with Gasteiger partial charge >= 0.3 is 0 Å². The van der Waals surface area contributed by atoms with Crippen LogP contribution in [0.5, 0.6) is 0 Å². The van der Waals surface area contributed by atoms with Gasteiger partial charge in [-0.1, -0.05) is 6.07 Å². The Hall–Kier alpha value is -2.47. The third-order valence-corrected chi connectivity index (χ3v) is 3.33. The molecule has 2 rings (SSSR count). The van der Waals surface area contributed by atoms with Crippen LogP contribution in [0.25, 0.3) is 0 Å². The minimum absolute atomic E-state index is 0.139. The molecule has 0 fully saturated rings. The minimum Gasteiger partial charge on any atom is -0.395 e. The summed E-state index contributed by atoms with van der Waals surface area (Å²) in [5.74, 6) is -1.32. The number of carbonyl (C=O) groups excluding carboxylic acids is 1. The molecule has 1 unspecified atom stereocenters. The monoisotopic (exact) mass is 320 g/mol. The molecule has 1 atom stereocenters.